The third-order valence-electron chi connectivity index (χ3n) is 6.21. The summed E-state index contributed by atoms with van der Waals surface area (Å²) >= 11 is 0. The fraction of sp³-hybridized carbons (Fsp3) is 0.476. The molecule has 2 amide bonds. The highest BCUT2D eigenvalue weighted by atomic mass is 19.3. The molecule has 1 aromatic carbocycles. The molecule has 2 aromatic rings. The van der Waals surface area contributed by atoms with Crippen molar-refractivity contribution in [1.29, 1.82) is 0 Å². The molecule has 2 fully saturated rings. The van der Waals surface area contributed by atoms with Crippen LogP contribution in [0.5, 0.6) is 0 Å². The van der Waals surface area contributed by atoms with Gasteiger partial charge in [-0.05, 0) is 25.1 Å². The first-order valence-corrected chi connectivity index (χ1v) is 10.7. The summed E-state index contributed by atoms with van der Waals surface area (Å²) in [7, 11) is 0. The monoisotopic (exact) mass is 462 g/mol. The number of hydrogen-bond donors (Lipinski definition) is 2. The number of alkyl halides is 2. The Labute approximate surface area is 188 Å². The Morgan fingerprint density at radius 3 is 2.73 bits per heavy atom. The van der Waals surface area contributed by atoms with Gasteiger partial charge in [0.2, 0.25) is 5.91 Å². The summed E-state index contributed by atoms with van der Waals surface area (Å²) in [5.74, 6) is 0.221. The van der Waals surface area contributed by atoms with E-state index in [0.717, 1.165) is 16.2 Å². The van der Waals surface area contributed by atoms with Gasteiger partial charge in [0.25, 0.3) is 6.43 Å². The van der Waals surface area contributed by atoms with Crippen molar-refractivity contribution in [2.45, 2.75) is 38.0 Å². The van der Waals surface area contributed by atoms with E-state index in [-0.39, 0.29) is 18.5 Å². The number of halogens is 2. The number of fused-ring (bicyclic) bond motifs is 3. The van der Waals surface area contributed by atoms with Crippen molar-refractivity contribution in [3.8, 4) is 11.4 Å². The number of rotatable bonds is 6. The van der Waals surface area contributed by atoms with Crippen LogP contribution in [-0.2, 0) is 20.8 Å². The van der Waals surface area contributed by atoms with E-state index in [1.165, 1.54) is 0 Å². The van der Waals surface area contributed by atoms with Crippen molar-refractivity contribution in [3.63, 3.8) is 0 Å². The van der Waals surface area contributed by atoms with Gasteiger partial charge in [0.05, 0.1) is 24.9 Å². The minimum absolute atomic E-state index is 0.133. The molecule has 10 nitrogen and oxygen atoms in total. The second kappa shape index (κ2) is 8.18. The number of nitrogens with one attached hydrogen (secondary N) is 1. The summed E-state index contributed by atoms with van der Waals surface area (Å²) in [6.45, 7) is 3.66. The number of hydrogen-bond acceptors (Lipinski definition) is 7. The Balaban J connectivity index is 1.55. The number of carbonyl (C=O) groups excluding carboxylic acids is 2. The molecule has 2 atom stereocenters. The van der Waals surface area contributed by atoms with Gasteiger partial charge in [0.15, 0.2) is 5.82 Å². The maximum absolute atomic E-state index is 13.5. The first kappa shape index (κ1) is 21.4. The smallest absolute Gasteiger partial charge is 0.416 e. The summed E-state index contributed by atoms with van der Waals surface area (Å²) in [5.41, 5.74) is 7.75. The van der Waals surface area contributed by atoms with Crippen LogP contribution in [0.15, 0.2) is 24.4 Å². The lowest BCUT2D eigenvalue weighted by molar-refractivity contribution is -0.118. The fourth-order valence-corrected chi connectivity index (χ4v) is 4.28. The minimum atomic E-state index is -2.75. The SMILES string of the molecule is C[C@H](Nc1ccc2c(c1)N(C1COC1)CCn1cc(N3C(=O)OC[C@H]3C(F)F)nc1-2)C(N)=O. The molecule has 3 aliphatic rings. The van der Waals surface area contributed by atoms with E-state index in [4.69, 9.17) is 15.2 Å². The van der Waals surface area contributed by atoms with Crippen LogP contribution in [0.3, 0.4) is 0 Å². The highest BCUT2D eigenvalue weighted by molar-refractivity contribution is 5.90. The Morgan fingerprint density at radius 1 is 1.27 bits per heavy atom. The van der Waals surface area contributed by atoms with Crippen molar-refractivity contribution < 1.29 is 27.8 Å². The van der Waals surface area contributed by atoms with Crippen LogP contribution in [0.4, 0.5) is 30.8 Å². The van der Waals surface area contributed by atoms with E-state index in [1.54, 1.807) is 13.1 Å². The number of carbonyl (C=O) groups is 2. The molecule has 3 N–H and O–H groups in total. The molecule has 4 heterocycles. The highest BCUT2D eigenvalue weighted by Crippen LogP contribution is 2.39. The summed E-state index contributed by atoms with van der Waals surface area (Å²) in [4.78, 5) is 31.4. The van der Waals surface area contributed by atoms with Crippen LogP contribution in [0.25, 0.3) is 11.4 Å². The summed E-state index contributed by atoms with van der Waals surface area (Å²) in [6, 6.07) is 3.84. The van der Waals surface area contributed by atoms with Crippen LogP contribution < -0.4 is 20.9 Å². The maximum Gasteiger partial charge on any atom is 0.416 e. The molecule has 33 heavy (non-hydrogen) atoms. The Bertz CT molecular complexity index is 1090. The Morgan fingerprint density at radius 2 is 2.06 bits per heavy atom. The summed E-state index contributed by atoms with van der Waals surface area (Å²) in [5, 5.41) is 3.09. The van der Waals surface area contributed by atoms with Crippen LogP contribution in [0.1, 0.15) is 6.92 Å². The standard InChI is InChI=1S/C21H24F2N6O4/c1-11(19(24)30)25-12-2-3-14-15(6-12)28(13-8-32-9-13)5-4-27-7-17(26-20(14)27)29-16(18(22)23)10-33-21(29)31/h2-3,6-7,11,13,16,18,25H,4-5,8-10H2,1H3,(H2,24,30)/t11-,16-/m0/s1. The lowest BCUT2D eigenvalue weighted by Gasteiger charge is -2.39. The number of cyclic esters (lactones) is 1. The molecule has 0 aliphatic carbocycles. The van der Waals surface area contributed by atoms with E-state index in [0.29, 0.717) is 37.8 Å². The predicted octanol–water partition coefficient (Wildman–Crippen LogP) is 1.64. The molecule has 0 saturated carbocycles. The van der Waals surface area contributed by atoms with Crippen molar-refractivity contribution in [2.75, 3.05) is 41.5 Å². The zero-order valence-electron chi connectivity index (χ0n) is 17.9. The van der Waals surface area contributed by atoms with Gasteiger partial charge in [-0.1, -0.05) is 0 Å². The van der Waals surface area contributed by atoms with Gasteiger partial charge >= 0.3 is 6.09 Å². The number of nitrogens with two attached hydrogens (primary N) is 1. The fourth-order valence-electron chi connectivity index (χ4n) is 4.28. The Kier molecular flexibility index (Phi) is 5.31. The first-order valence-electron chi connectivity index (χ1n) is 10.7. The molecule has 12 heteroatoms. The maximum atomic E-state index is 13.5. The van der Waals surface area contributed by atoms with Crippen molar-refractivity contribution in [3.05, 3.63) is 24.4 Å². The molecule has 2 saturated heterocycles. The molecule has 0 radical (unpaired) electrons. The molecule has 0 spiro atoms. The van der Waals surface area contributed by atoms with Crippen molar-refractivity contribution >= 4 is 29.2 Å². The first-order chi connectivity index (χ1) is 15.8. The van der Waals surface area contributed by atoms with Crippen LogP contribution in [-0.4, -0.2) is 72.5 Å². The molecule has 5 rings (SSSR count). The molecule has 0 unspecified atom stereocenters. The zero-order chi connectivity index (χ0) is 23.3. The average Bonchev–Trinajstić information content (AvgIpc) is 3.29. The van der Waals surface area contributed by atoms with Crippen molar-refractivity contribution in [1.82, 2.24) is 9.55 Å². The second-order valence-electron chi connectivity index (χ2n) is 8.35. The number of imidazole rings is 1. The van der Waals surface area contributed by atoms with Gasteiger partial charge in [-0.15, -0.1) is 0 Å². The number of primary amides is 1. The second-order valence-corrected chi connectivity index (χ2v) is 8.35. The van der Waals surface area contributed by atoms with E-state index in [9.17, 15) is 18.4 Å². The molecule has 0 bridgehead atoms. The average molecular weight is 462 g/mol. The molecule has 1 aromatic heterocycles. The number of anilines is 3. The predicted molar refractivity (Wildman–Crippen MR) is 116 cm³/mol. The van der Waals surface area contributed by atoms with E-state index in [1.807, 2.05) is 22.8 Å². The number of amides is 2. The van der Waals surface area contributed by atoms with Crippen LogP contribution in [0, 0.1) is 0 Å². The highest BCUT2D eigenvalue weighted by Gasteiger charge is 2.42. The lowest BCUT2D eigenvalue weighted by Crippen LogP contribution is -2.50. The minimum Gasteiger partial charge on any atom is -0.447 e. The van der Waals surface area contributed by atoms with Crippen molar-refractivity contribution in [2.24, 2.45) is 5.73 Å². The molecule has 3 aliphatic heterocycles. The van der Waals surface area contributed by atoms with Gasteiger partial charge in [-0.2, -0.15) is 0 Å². The van der Waals surface area contributed by atoms with E-state index < -0.39 is 30.5 Å². The number of benzene rings is 1. The molecular formula is C21H24F2N6O4. The largest absolute Gasteiger partial charge is 0.447 e. The quantitative estimate of drug-likeness (QED) is 0.671. The normalized spacial score (nSPS) is 21.2. The summed E-state index contributed by atoms with van der Waals surface area (Å²) < 4.78 is 39.0. The van der Waals surface area contributed by atoms with E-state index >= 15 is 0 Å². The Hall–Kier alpha value is -3.41. The van der Waals surface area contributed by atoms with Crippen LogP contribution in [0.2, 0.25) is 0 Å². The molecular weight excluding hydrogens is 438 g/mol. The third kappa shape index (κ3) is 3.73. The number of nitrogens with zero attached hydrogens (tertiary/aromatic N) is 4. The van der Waals surface area contributed by atoms with Gasteiger partial charge in [0, 0.05) is 30.5 Å². The lowest BCUT2D eigenvalue weighted by atomic mass is 10.1. The topological polar surface area (TPSA) is 115 Å². The van der Waals surface area contributed by atoms with Gasteiger partial charge in [0.1, 0.15) is 24.5 Å². The van der Waals surface area contributed by atoms with Crippen LogP contribution >= 0.6 is 0 Å². The molecule has 176 valence electrons. The van der Waals surface area contributed by atoms with E-state index in [2.05, 4.69) is 15.2 Å². The number of aromatic nitrogens is 2. The van der Waals surface area contributed by atoms with Gasteiger partial charge < -0.3 is 30.0 Å². The third-order valence-corrected chi connectivity index (χ3v) is 6.21. The number of ether oxygens (including phenoxy) is 2. The van der Waals surface area contributed by atoms with Gasteiger partial charge in [-0.25, -0.2) is 23.5 Å². The van der Waals surface area contributed by atoms with Gasteiger partial charge in [-0.3, -0.25) is 4.79 Å². The zero-order valence-corrected chi connectivity index (χ0v) is 17.9. The summed E-state index contributed by atoms with van der Waals surface area (Å²) in [6.07, 6.45) is -1.97.